The van der Waals surface area contributed by atoms with E-state index < -0.39 is 6.10 Å². The van der Waals surface area contributed by atoms with Crippen LogP contribution in [0, 0.1) is 6.92 Å². The first-order valence-electron chi connectivity index (χ1n) is 5.07. The topological polar surface area (TPSA) is 29.5 Å². The van der Waals surface area contributed by atoms with Gasteiger partial charge < -0.3 is 9.84 Å². The minimum absolute atomic E-state index is 0.139. The fraction of sp³-hybridized carbons (Fsp3) is 0.500. The van der Waals surface area contributed by atoms with Crippen molar-refractivity contribution in [2.75, 3.05) is 6.61 Å². The van der Waals surface area contributed by atoms with E-state index in [0.717, 1.165) is 12.0 Å². The second-order valence-electron chi connectivity index (χ2n) is 3.98. The zero-order valence-corrected chi connectivity index (χ0v) is 8.66. The lowest BCUT2D eigenvalue weighted by atomic mass is 9.93. The van der Waals surface area contributed by atoms with E-state index >= 15 is 0 Å². The molecule has 0 saturated carbocycles. The third-order valence-corrected chi connectivity index (χ3v) is 2.71. The van der Waals surface area contributed by atoms with E-state index in [1.165, 1.54) is 11.1 Å². The Morgan fingerprint density at radius 1 is 1.50 bits per heavy atom. The molecule has 0 spiro atoms. The zero-order chi connectivity index (χ0) is 10.1. The van der Waals surface area contributed by atoms with Crippen molar-refractivity contribution in [3.63, 3.8) is 0 Å². The van der Waals surface area contributed by atoms with Crippen molar-refractivity contribution in [3.8, 4) is 0 Å². The molecular weight excluding hydrogens is 176 g/mol. The molecule has 1 aliphatic heterocycles. The summed E-state index contributed by atoms with van der Waals surface area (Å²) >= 11 is 0. The van der Waals surface area contributed by atoms with Gasteiger partial charge in [0.1, 0.15) is 6.10 Å². The quantitative estimate of drug-likeness (QED) is 0.737. The van der Waals surface area contributed by atoms with Gasteiger partial charge in [0.2, 0.25) is 0 Å². The molecule has 0 amide bonds. The summed E-state index contributed by atoms with van der Waals surface area (Å²) in [6.45, 7) is 4.58. The van der Waals surface area contributed by atoms with Crippen LogP contribution in [0.25, 0.3) is 0 Å². The molecule has 1 N–H and O–H groups in total. The Balaban J connectivity index is 2.40. The summed E-state index contributed by atoms with van der Waals surface area (Å²) in [5.74, 6) is 0. The lowest BCUT2D eigenvalue weighted by molar-refractivity contribution is -0.0386. The first-order valence-corrected chi connectivity index (χ1v) is 5.07. The third-order valence-electron chi connectivity index (χ3n) is 2.71. The van der Waals surface area contributed by atoms with Gasteiger partial charge in [0.05, 0.1) is 12.7 Å². The largest absolute Gasteiger partial charge is 0.390 e. The monoisotopic (exact) mass is 192 g/mol. The van der Waals surface area contributed by atoms with Crippen molar-refractivity contribution in [3.05, 3.63) is 34.9 Å². The normalized spacial score (nSPS) is 22.9. The van der Waals surface area contributed by atoms with Crippen LogP contribution in [-0.2, 0) is 11.2 Å². The maximum atomic E-state index is 9.57. The molecule has 0 saturated heterocycles. The number of aryl methyl sites for hydroxylation is 1. The fourth-order valence-corrected chi connectivity index (χ4v) is 2.01. The molecule has 2 atom stereocenters. The molecule has 1 heterocycles. The fourth-order valence-electron chi connectivity index (χ4n) is 2.01. The minimum Gasteiger partial charge on any atom is -0.390 e. The lowest BCUT2D eigenvalue weighted by Gasteiger charge is -2.28. The third kappa shape index (κ3) is 1.68. The van der Waals surface area contributed by atoms with E-state index in [9.17, 15) is 5.11 Å². The van der Waals surface area contributed by atoms with Crippen LogP contribution in [0.15, 0.2) is 18.2 Å². The zero-order valence-electron chi connectivity index (χ0n) is 8.66. The summed E-state index contributed by atoms with van der Waals surface area (Å²) < 4.78 is 5.56. The van der Waals surface area contributed by atoms with Gasteiger partial charge in [-0.2, -0.15) is 0 Å². The Morgan fingerprint density at radius 3 is 3.00 bits per heavy atom. The van der Waals surface area contributed by atoms with Crippen LogP contribution in [0.1, 0.15) is 29.7 Å². The molecular formula is C12H16O2. The van der Waals surface area contributed by atoms with Crippen molar-refractivity contribution in [2.24, 2.45) is 0 Å². The molecule has 2 rings (SSSR count). The Kier molecular flexibility index (Phi) is 2.57. The number of fused-ring (bicyclic) bond motifs is 1. The number of hydrogen-bond acceptors (Lipinski definition) is 2. The van der Waals surface area contributed by atoms with Crippen LogP contribution in [-0.4, -0.2) is 17.8 Å². The van der Waals surface area contributed by atoms with Crippen molar-refractivity contribution in [1.82, 2.24) is 0 Å². The molecule has 2 nitrogen and oxygen atoms in total. The van der Waals surface area contributed by atoms with Crippen LogP contribution in [0.4, 0.5) is 0 Å². The predicted octanol–water partition coefficient (Wildman–Crippen LogP) is 1.99. The summed E-state index contributed by atoms with van der Waals surface area (Å²) in [5.41, 5.74) is 3.74. The Hall–Kier alpha value is -0.860. The SMILES string of the molecule is Cc1ccc2c(c1)CCOC2C(C)O. The summed E-state index contributed by atoms with van der Waals surface area (Å²) in [4.78, 5) is 0. The van der Waals surface area contributed by atoms with Crippen LogP contribution < -0.4 is 0 Å². The molecule has 2 unspecified atom stereocenters. The van der Waals surface area contributed by atoms with E-state index in [0.29, 0.717) is 6.61 Å². The second-order valence-corrected chi connectivity index (χ2v) is 3.98. The maximum Gasteiger partial charge on any atom is 0.108 e. The highest BCUT2D eigenvalue weighted by Crippen LogP contribution is 2.30. The smallest absolute Gasteiger partial charge is 0.108 e. The summed E-state index contributed by atoms with van der Waals surface area (Å²) in [6.07, 6.45) is 0.386. The summed E-state index contributed by atoms with van der Waals surface area (Å²) in [6, 6.07) is 6.33. The van der Waals surface area contributed by atoms with Crippen molar-refractivity contribution in [1.29, 1.82) is 0 Å². The first kappa shape index (κ1) is 9.69. The van der Waals surface area contributed by atoms with Gasteiger partial charge in [-0.3, -0.25) is 0 Å². The van der Waals surface area contributed by atoms with Gasteiger partial charge in [-0.15, -0.1) is 0 Å². The number of aliphatic hydroxyl groups excluding tert-OH is 1. The average Bonchev–Trinajstić information content (AvgIpc) is 2.16. The number of rotatable bonds is 1. The Morgan fingerprint density at radius 2 is 2.29 bits per heavy atom. The molecule has 2 heteroatoms. The molecule has 0 fully saturated rings. The van der Waals surface area contributed by atoms with Gasteiger partial charge in [-0.05, 0) is 31.4 Å². The maximum absolute atomic E-state index is 9.57. The number of hydrogen-bond donors (Lipinski definition) is 1. The highest BCUT2D eigenvalue weighted by molar-refractivity contribution is 5.35. The van der Waals surface area contributed by atoms with Crippen LogP contribution >= 0.6 is 0 Å². The highest BCUT2D eigenvalue weighted by Gasteiger charge is 2.24. The molecule has 0 bridgehead atoms. The standard InChI is InChI=1S/C12H16O2/c1-8-3-4-11-10(7-8)5-6-14-12(11)9(2)13/h3-4,7,9,12-13H,5-6H2,1-2H3. The molecule has 1 aliphatic rings. The van der Waals surface area contributed by atoms with Gasteiger partial charge in [-0.1, -0.05) is 23.8 Å². The second kappa shape index (κ2) is 3.71. The summed E-state index contributed by atoms with van der Waals surface area (Å²) in [5, 5.41) is 9.57. The van der Waals surface area contributed by atoms with Gasteiger partial charge in [0, 0.05) is 0 Å². The van der Waals surface area contributed by atoms with Gasteiger partial charge >= 0.3 is 0 Å². The lowest BCUT2D eigenvalue weighted by Crippen LogP contribution is -2.24. The van der Waals surface area contributed by atoms with Crippen molar-refractivity contribution < 1.29 is 9.84 Å². The number of ether oxygens (including phenoxy) is 1. The molecule has 14 heavy (non-hydrogen) atoms. The van der Waals surface area contributed by atoms with Crippen LogP contribution in [0.3, 0.4) is 0 Å². The highest BCUT2D eigenvalue weighted by atomic mass is 16.5. The van der Waals surface area contributed by atoms with Crippen molar-refractivity contribution in [2.45, 2.75) is 32.5 Å². The molecule has 0 aromatic heterocycles. The first-order chi connectivity index (χ1) is 6.68. The number of aliphatic hydroxyl groups is 1. The van der Waals surface area contributed by atoms with Gasteiger partial charge in [0.25, 0.3) is 0 Å². The Labute approximate surface area is 84.5 Å². The van der Waals surface area contributed by atoms with E-state index in [1.807, 2.05) is 0 Å². The van der Waals surface area contributed by atoms with Crippen LogP contribution in [0.5, 0.6) is 0 Å². The molecule has 1 aromatic carbocycles. The van der Waals surface area contributed by atoms with Crippen molar-refractivity contribution >= 4 is 0 Å². The predicted molar refractivity (Wildman–Crippen MR) is 55.3 cm³/mol. The molecule has 76 valence electrons. The van der Waals surface area contributed by atoms with Crippen LogP contribution in [0.2, 0.25) is 0 Å². The average molecular weight is 192 g/mol. The van der Waals surface area contributed by atoms with E-state index in [1.54, 1.807) is 6.92 Å². The summed E-state index contributed by atoms with van der Waals surface area (Å²) in [7, 11) is 0. The van der Waals surface area contributed by atoms with Gasteiger partial charge in [0.15, 0.2) is 0 Å². The van der Waals surface area contributed by atoms with E-state index in [2.05, 4.69) is 25.1 Å². The van der Waals surface area contributed by atoms with Gasteiger partial charge in [-0.25, -0.2) is 0 Å². The molecule has 0 aliphatic carbocycles. The Bertz CT molecular complexity index is 331. The molecule has 0 radical (unpaired) electrons. The number of benzene rings is 1. The van der Waals surface area contributed by atoms with E-state index in [-0.39, 0.29) is 6.10 Å². The van der Waals surface area contributed by atoms with E-state index in [4.69, 9.17) is 4.74 Å². The molecule has 1 aromatic rings. The minimum atomic E-state index is -0.434.